The number of hydrogen-bond acceptors (Lipinski definition) is 5. The van der Waals surface area contributed by atoms with E-state index in [2.05, 4.69) is 29.0 Å². The number of anilines is 3. The van der Waals surface area contributed by atoms with E-state index in [9.17, 15) is 9.90 Å². The van der Waals surface area contributed by atoms with Crippen molar-refractivity contribution in [3.05, 3.63) is 63.5 Å². The maximum absolute atomic E-state index is 12.7. The van der Waals surface area contributed by atoms with Crippen LogP contribution in [0.15, 0.2) is 47.4 Å². The summed E-state index contributed by atoms with van der Waals surface area (Å²) in [5.74, 6) is 0.342. The molecule has 0 aliphatic heterocycles. The van der Waals surface area contributed by atoms with Crippen LogP contribution in [0.5, 0.6) is 0 Å². The van der Waals surface area contributed by atoms with Gasteiger partial charge in [-0.15, -0.1) is 0 Å². The van der Waals surface area contributed by atoms with Crippen LogP contribution in [-0.2, 0) is 6.61 Å². The number of nitrogens with one attached hydrogen (secondary N) is 1. The van der Waals surface area contributed by atoms with Crippen LogP contribution >= 0.6 is 0 Å². The molecule has 0 aliphatic rings. The zero-order valence-corrected chi connectivity index (χ0v) is 15.6. The second kappa shape index (κ2) is 7.76. The molecule has 0 saturated heterocycles. The zero-order chi connectivity index (χ0) is 18.7. The van der Waals surface area contributed by atoms with Crippen LogP contribution in [0.4, 0.5) is 17.2 Å². The van der Waals surface area contributed by atoms with E-state index >= 15 is 0 Å². The highest BCUT2D eigenvalue weighted by Crippen LogP contribution is 2.21. The lowest BCUT2D eigenvalue weighted by atomic mass is 10.2. The smallest absolute Gasteiger partial charge is 0.265 e. The van der Waals surface area contributed by atoms with Crippen LogP contribution < -0.4 is 15.8 Å². The third kappa shape index (κ3) is 3.52. The summed E-state index contributed by atoms with van der Waals surface area (Å²) in [4.78, 5) is 19.5. The highest BCUT2D eigenvalue weighted by Gasteiger charge is 2.14. The van der Waals surface area contributed by atoms with Crippen LogP contribution in [0.1, 0.15) is 19.4 Å². The number of benzene rings is 1. The number of aromatic nitrogens is 2. The van der Waals surface area contributed by atoms with Crippen molar-refractivity contribution in [2.75, 3.05) is 23.3 Å². The van der Waals surface area contributed by atoms with Gasteiger partial charge in [-0.2, -0.15) is 0 Å². The molecule has 0 saturated carbocycles. The quantitative estimate of drug-likeness (QED) is 0.694. The topological polar surface area (TPSA) is 69.9 Å². The third-order valence-electron chi connectivity index (χ3n) is 4.29. The second-order valence-corrected chi connectivity index (χ2v) is 6.31. The van der Waals surface area contributed by atoms with Gasteiger partial charge in [0.15, 0.2) is 11.6 Å². The number of pyridine rings is 1. The number of aliphatic hydroxyl groups is 1. The number of nitrogens with zero attached hydrogens (tertiary/aromatic N) is 3. The average Bonchev–Trinajstić information content (AvgIpc) is 2.63. The Morgan fingerprint density at radius 2 is 2.00 bits per heavy atom. The lowest BCUT2D eigenvalue weighted by Gasteiger charge is -2.21. The molecule has 0 unspecified atom stereocenters. The van der Waals surface area contributed by atoms with Crippen molar-refractivity contribution in [2.24, 2.45) is 0 Å². The zero-order valence-electron chi connectivity index (χ0n) is 14.8. The molecule has 0 spiro atoms. The van der Waals surface area contributed by atoms with Gasteiger partial charge in [-0.3, -0.25) is 9.20 Å². The van der Waals surface area contributed by atoms with Gasteiger partial charge in [-0.1, -0.05) is 6.07 Å². The average molecular weight is 374 g/mol. The summed E-state index contributed by atoms with van der Waals surface area (Å²) < 4.78 is 1.45. The van der Waals surface area contributed by atoms with Crippen LogP contribution in [0.2, 0.25) is 5.02 Å². The van der Waals surface area contributed by atoms with Crippen molar-refractivity contribution >= 4 is 22.8 Å². The predicted molar refractivity (Wildman–Crippen MR) is 101 cm³/mol. The van der Waals surface area contributed by atoms with E-state index < -0.39 is 6.61 Å². The van der Waals surface area contributed by atoms with Gasteiger partial charge in [0.2, 0.25) is 5.02 Å². The molecule has 3 rings (SSSR count). The highest BCUT2D eigenvalue weighted by molar-refractivity contribution is 5.64. The third-order valence-corrected chi connectivity index (χ3v) is 4.54. The summed E-state index contributed by atoms with van der Waals surface area (Å²) in [6.07, 6.45) is 1.70. The SMILES string of the molecule is CCN(CC)c1ccn2c(=O)c(CO)c(Nc3cccc([ClH+])c3)nc2c1. The summed E-state index contributed by atoms with van der Waals surface area (Å²) in [7, 11) is 0. The summed E-state index contributed by atoms with van der Waals surface area (Å²) in [6.45, 7) is 5.49. The molecule has 0 bridgehead atoms. The van der Waals surface area contributed by atoms with Crippen molar-refractivity contribution in [1.29, 1.82) is 0 Å². The Morgan fingerprint density at radius 3 is 2.65 bits per heavy atom. The fourth-order valence-corrected chi connectivity index (χ4v) is 3.11. The van der Waals surface area contributed by atoms with Gasteiger partial charge in [-0.05, 0) is 26.0 Å². The van der Waals surface area contributed by atoms with Crippen molar-refractivity contribution in [2.45, 2.75) is 20.5 Å². The minimum atomic E-state index is -0.400. The molecule has 2 heterocycles. The Bertz CT molecular complexity index is 983. The second-order valence-electron chi connectivity index (χ2n) is 5.84. The molecule has 0 fully saturated rings. The molecule has 2 aromatic heterocycles. The van der Waals surface area contributed by atoms with Crippen LogP contribution in [-0.4, -0.2) is 27.6 Å². The lowest BCUT2D eigenvalue weighted by Crippen LogP contribution is -2.24. The molecule has 2 N–H and O–H groups in total. The van der Waals surface area contributed by atoms with Gasteiger partial charge in [0, 0.05) is 48.9 Å². The highest BCUT2D eigenvalue weighted by atomic mass is 35.5. The molecule has 0 amide bonds. The molecular weight excluding hydrogens is 352 g/mol. The molecule has 1 aromatic carbocycles. The number of fused-ring (bicyclic) bond motifs is 1. The molecule has 3 aromatic rings. The van der Waals surface area contributed by atoms with Crippen molar-refractivity contribution in [1.82, 2.24) is 9.38 Å². The predicted octanol–water partition coefficient (Wildman–Crippen LogP) is 2.47. The van der Waals surface area contributed by atoms with Crippen LogP contribution in [0.25, 0.3) is 5.65 Å². The first-order valence-electron chi connectivity index (χ1n) is 8.52. The molecule has 26 heavy (non-hydrogen) atoms. The lowest BCUT2D eigenvalue weighted by molar-refractivity contribution is -0.288. The standard InChI is InChI=1S/C19H21ClN4O2/c1-3-23(4-2)15-8-9-24-17(11-15)22-18(16(12-25)19(24)26)21-14-7-5-6-13(20)10-14/h5-11,20,25H,3-4,12H2,1-2H3/p+1. The summed E-state index contributed by atoms with van der Waals surface area (Å²) in [5, 5.41) is 13.5. The monoisotopic (exact) mass is 373 g/mol. The number of rotatable bonds is 6. The normalized spacial score (nSPS) is 10.9. The maximum Gasteiger partial charge on any atom is 0.265 e. The Hall–Kier alpha value is -2.57. The fraction of sp³-hybridized carbons (Fsp3) is 0.263. The first-order chi connectivity index (χ1) is 12.6. The largest absolute Gasteiger partial charge is 0.391 e. The Morgan fingerprint density at radius 1 is 1.23 bits per heavy atom. The molecule has 136 valence electrons. The summed E-state index contributed by atoms with van der Waals surface area (Å²) >= 11 is 5.17. The molecule has 0 atom stereocenters. The molecule has 0 radical (unpaired) electrons. The number of halogens is 1. The van der Waals surface area contributed by atoms with E-state index in [1.165, 1.54) is 4.40 Å². The Labute approximate surface area is 156 Å². The van der Waals surface area contributed by atoms with Crippen molar-refractivity contribution in [3.63, 3.8) is 0 Å². The van der Waals surface area contributed by atoms with Gasteiger partial charge in [0.25, 0.3) is 5.56 Å². The van der Waals surface area contributed by atoms with Crippen molar-refractivity contribution in [3.8, 4) is 0 Å². The van der Waals surface area contributed by atoms with E-state index in [1.807, 2.05) is 30.3 Å². The maximum atomic E-state index is 12.7. The minimum absolute atomic E-state index is 0.216. The molecular formula is C19H22ClN4O2+. The Balaban J connectivity index is 2.13. The molecule has 6 nitrogen and oxygen atoms in total. The fourth-order valence-electron chi connectivity index (χ4n) is 2.91. The molecule has 0 aliphatic carbocycles. The summed E-state index contributed by atoms with van der Waals surface area (Å²) in [6, 6.07) is 11.0. The van der Waals surface area contributed by atoms with Gasteiger partial charge in [-0.25, -0.2) is 4.98 Å². The minimum Gasteiger partial charge on any atom is -0.391 e. The van der Waals surface area contributed by atoms with E-state index in [4.69, 9.17) is 11.6 Å². The van der Waals surface area contributed by atoms with Crippen LogP contribution in [0.3, 0.4) is 0 Å². The van der Waals surface area contributed by atoms with E-state index in [1.54, 1.807) is 12.3 Å². The Kier molecular flexibility index (Phi) is 5.44. The summed E-state index contributed by atoms with van der Waals surface area (Å²) in [5.41, 5.74) is 2.17. The first kappa shape index (κ1) is 18.2. The molecule has 7 heteroatoms. The van der Waals surface area contributed by atoms with Gasteiger partial charge in [0.05, 0.1) is 12.2 Å². The van der Waals surface area contributed by atoms with E-state index in [0.717, 1.165) is 24.5 Å². The van der Waals surface area contributed by atoms with Crippen molar-refractivity contribution < 1.29 is 16.7 Å². The van der Waals surface area contributed by atoms with Crippen LogP contribution in [0, 0.1) is 11.6 Å². The van der Waals surface area contributed by atoms with E-state index in [-0.39, 0.29) is 11.1 Å². The number of aliphatic hydroxyl groups excluding tert-OH is 1. The first-order valence-corrected chi connectivity index (χ1v) is 8.93. The van der Waals surface area contributed by atoms with Gasteiger partial charge >= 0.3 is 0 Å². The number of hydrogen-bond donors (Lipinski definition) is 2. The van der Waals surface area contributed by atoms with E-state index in [0.29, 0.717) is 16.5 Å². The van der Waals surface area contributed by atoms with Gasteiger partial charge < -0.3 is 15.3 Å². The van der Waals surface area contributed by atoms with Gasteiger partial charge in [0.1, 0.15) is 11.5 Å².